The highest BCUT2D eigenvalue weighted by Gasteiger charge is 2.26. The predicted molar refractivity (Wildman–Crippen MR) is 88.8 cm³/mol. The molecule has 1 atom stereocenters. The number of hydrogen-bond donors (Lipinski definition) is 1. The highest BCUT2D eigenvalue weighted by molar-refractivity contribution is 7.88. The Balaban J connectivity index is 1.98. The quantitative estimate of drug-likeness (QED) is 0.796. The molecule has 134 valence electrons. The zero-order chi connectivity index (χ0) is 17.7. The van der Waals surface area contributed by atoms with E-state index in [1.54, 1.807) is 12.1 Å². The number of pyridine rings is 1. The van der Waals surface area contributed by atoms with E-state index in [9.17, 15) is 13.2 Å². The summed E-state index contributed by atoms with van der Waals surface area (Å²) in [5.41, 5.74) is 0.314. The van der Waals surface area contributed by atoms with Gasteiger partial charge in [0.15, 0.2) is 0 Å². The maximum Gasteiger partial charge on any atom is 0.256 e. The van der Waals surface area contributed by atoms with Gasteiger partial charge in [0.2, 0.25) is 21.8 Å². The molecule has 1 aliphatic rings. The second kappa shape index (κ2) is 7.80. The molecule has 8 nitrogen and oxygen atoms in total. The number of aromatic nitrogens is 1. The van der Waals surface area contributed by atoms with Crippen LogP contribution < -0.4 is 14.8 Å². The van der Waals surface area contributed by atoms with E-state index in [4.69, 9.17) is 9.47 Å². The molecular formula is C15H23N3O5S. The number of carbonyl (C=O) groups is 1. The summed E-state index contributed by atoms with van der Waals surface area (Å²) in [6.07, 6.45) is 2.88. The summed E-state index contributed by atoms with van der Waals surface area (Å²) in [6.45, 7) is 1.37. The van der Waals surface area contributed by atoms with Crippen LogP contribution in [0, 0.1) is 5.92 Å². The van der Waals surface area contributed by atoms with Crippen LogP contribution >= 0.6 is 0 Å². The van der Waals surface area contributed by atoms with E-state index in [2.05, 4.69) is 10.3 Å². The number of sulfonamides is 1. The van der Waals surface area contributed by atoms with Crippen molar-refractivity contribution in [1.29, 1.82) is 0 Å². The van der Waals surface area contributed by atoms with Crippen LogP contribution in [0.5, 0.6) is 11.8 Å². The van der Waals surface area contributed by atoms with Gasteiger partial charge in [-0.15, -0.1) is 0 Å². The number of nitrogens with zero attached hydrogens (tertiary/aromatic N) is 2. The van der Waals surface area contributed by atoms with E-state index in [1.807, 2.05) is 0 Å². The Kier molecular flexibility index (Phi) is 6.00. The van der Waals surface area contributed by atoms with E-state index in [0.29, 0.717) is 31.1 Å². The highest BCUT2D eigenvalue weighted by atomic mass is 32.2. The van der Waals surface area contributed by atoms with Crippen molar-refractivity contribution in [3.63, 3.8) is 0 Å². The van der Waals surface area contributed by atoms with Gasteiger partial charge < -0.3 is 14.8 Å². The summed E-state index contributed by atoms with van der Waals surface area (Å²) in [4.78, 5) is 16.4. The Labute approximate surface area is 142 Å². The number of nitrogens with one attached hydrogen (secondary N) is 1. The first-order valence-corrected chi connectivity index (χ1v) is 9.52. The predicted octanol–water partition coefficient (Wildman–Crippen LogP) is 0.500. The first-order valence-electron chi connectivity index (χ1n) is 7.67. The minimum absolute atomic E-state index is 0.0922. The normalized spacial score (nSPS) is 18.9. The monoisotopic (exact) mass is 357 g/mol. The number of hydrogen-bond acceptors (Lipinski definition) is 6. The van der Waals surface area contributed by atoms with Gasteiger partial charge in [0.25, 0.3) is 5.91 Å². The third kappa shape index (κ3) is 4.57. The average molecular weight is 357 g/mol. The largest absolute Gasteiger partial charge is 0.481 e. The molecule has 1 amide bonds. The van der Waals surface area contributed by atoms with Crippen molar-refractivity contribution >= 4 is 15.9 Å². The minimum Gasteiger partial charge on any atom is -0.481 e. The van der Waals surface area contributed by atoms with Crippen molar-refractivity contribution in [3.8, 4) is 11.8 Å². The fraction of sp³-hybridized carbons (Fsp3) is 0.600. The first-order chi connectivity index (χ1) is 11.3. The van der Waals surface area contributed by atoms with E-state index in [-0.39, 0.29) is 17.7 Å². The van der Waals surface area contributed by atoms with Crippen molar-refractivity contribution in [2.24, 2.45) is 5.92 Å². The number of rotatable bonds is 6. The maximum atomic E-state index is 12.3. The van der Waals surface area contributed by atoms with Gasteiger partial charge in [0.1, 0.15) is 5.56 Å². The third-order valence-corrected chi connectivity index (χ3v) is 5.25. The lowest BCUT2D eigenvalue weighted by molar-refractivity contribution is 0.0937. The van der Waals surface area contributed by atoms with Gasteiger partial charge >= 0.3 is 0 Å². The van der Waals surface area contributed by atoms with Crippen LogP contribution in [0.15, 0.2) is 12.1 Å². The van der Waals surface area contributed by atoms with E-state index < -0.39 is 10.0 Å². The molecule has 0 aromatic carbocycles. The van der Waals surface area contributed by atoms with Gasteiger partial charge in [0, 0.05) is 25.7 Å². The molecule has 1 saturated heterocycles. The number of ether oxygens (including phenoxy) is 2. The van der Waals surface area contributed by atoms with Crippen LogP contribution in [0.3, 0.4) is 0 Å². The molecule has 1 aliphatic heterocycles. The van der Waals surface area contributed by atoms with Crippen molar-refractivity contribution in [2.75, 3.05) is 40.1 Å². The summed E-state index contributed by atoms with van der Waals surface area (Å²) in [5, 5.41) is 2.83. The van der Waals surface area contributed by atoms with Gasteiger partial charge in [-0.3, -0.25) is 4.79 Å². The Morgan fingerprint density at radius 1 is 1.38 bits per heavy atom. The van der Waals surface area contributed by atoms with Crippen LogP contribution in [0.1, 0.15) is 23.2 Å². The maximum absolute atomic E-state index is 12.3. The average Bonchev–Trinajstić information content (AvgIpc) is 2.58. The number of methoxy groups -OCH3 is 2. The molecule has 1 fully saturated rings. The van der Waals surface area contributed by atoms with Crippen molar-refractivity contribution in [1.82, 2.24) is 14.6 Å². The number of carbonyl (C=O) groups excluding carboxylic acids is 1. The summed E-state index contributed by atoms with van der Waals surface area (Å²) < 4.78 is 34.9. The standard InChI is InChI=1S/C15H23N3O5S/c1-22-13-7-6-12(15(17-13)23-2)14(19)16-9-11-5-4-8-18(10-11)24(3,20)21/h6-7,11H,4-5,8-10H2,1-3H3,(H,16,19)/t11-/m1/s1. The number of amides is 1. The minimum atomic E-state index is -3.19. The zero-order valence-electron chi connectivity index (χ0n) is 14.1. The molecule has 0 spiro atoms. The molecule has 0 aliphatic carbocycles. The van der Waals surface area contributed by atoms with Crippen LogP contribution in [-0.4, -0.2) is 63.7 Å². The van der Waals surface area contributed by atoms with E-state index >= 15 is 0 Å². The van der Waals surface area contributed by atoms with Crippen LogP contribution in [0.4, 0.5) is 0 Å². The van der Waals surface area contributed by atoms with Crippen molar-refractivity contribution < 1.29 is 22.7 Å². The molecule has 1 aromatic heterocycles. The van der Waals surface area contributed by atoms with Crippen LogP contribution in [-0.2, 0) is 10.0 Å². The molecule has 2 rings (SSSR count). The Bertz CT molecular complexity index is 692. The second-order valence-corrected chi connectivity index (χ2v) is 7.73. The fourth-order valence-corrected chi connectivity index (χ4v) is 3.63. The molecule has 1 aromatic rings. The fourth-order valence-electron chi connectivity index (χ4n) is 2.69. The smallest absolute Gasteiger partial charge is 0.256 e. The van der Waals surface area contributed by atoms with Crippen molar-refractivity contribution in [2.45, 2.75) is 12.8 Å². The molecule has 24 heavy (non-hydrogen) atoms. The third-order valence-electron chi connectivity index (χ3n) is 3.98. The lowest BCUT2D eigenvalue weighted by Gasteiger charge is -2.31. The number of piperidine rings is 1. The second-order valence-electron chi connectivity index (χ2n) is 5.75. The van der Waals surface area contributed by atoms with Crippen molar-refractivity contribution in [3.05, 3.63) is 17.7 Å². The molecule has 0 radical (unpaired) electrons. The molecular weight excluding hydrogens is 334 g/mol. The van der Waals surface area contributed by atoms with Gasteiger partial charge in [-0.05, 0) is 24.8 Å². The van der Waals surface area contributed by atoms with Crippen LogP contribution in [0.2, 0.25) is 0 Å². The molecule has 1 N–H and O–H groups in total. The molecule has 2 heterocycles. The molecule has 0 bridgehead atoms. The topological polar surface area (TPSA) is 97.8 Å². The first kappa shape index (κ1) is 18.5. The van der Waals surface area contributed by atoms with Gasteiger partial charge in [-0.25, -0.2) is 12.7 Å². The molecule has 9 heteroatoms. The zero-order valence-corrected chi connectivity index (χ0v) is 14.9. The molecule has 0 saturated carbocycles. The summed E-state index contributed by atoms with van der Waals surface area (Å²) in [6, 6.07) is 3.17. The Hall–Kier alpha value is -1.87. The summed E-state index contributed by atoms with van der Waals surface area (Å²) >= 11 is 0. The summed E-state index contributed by atoms with van der Waals surface area (Å²) in [7, 11) is -0.273. The SMILES string of the molecule is COc1ccc(C(=O)NC[C@H]2CCCN(S(C)(=O)=O)C2)c(OC)n1. The summed E-state index contributed by atoms with van der Waals surface area (Å²) in [5.74, 6) is 0.334. The Morgan fingerprint density at radius 2 is 2.12 bits per heavy atom. The van der Waals surface area contributed by atoms with Gasteiger partial charge in [0.05, 0.1) is 20.5 Å². The van der Waals surface area contributed by atoms with Crippen LogP contribution in [0.25, 0.3) is 0 Å². The lowest BCUT2D eigenvalue weighted by atomic mass is 9.99. The van der Waals surface area contributed by atoms with E-state index in [1.165, 1.54) is 24.8 Å². The molecule has 0 unspecified atom stereocenters. The Morgan fingerprint density at radius 3 is 2.75 bits per heavy atom. The lowest BCUT2D eigenvalue weighted by Crippen LogP contribution is -2.43. The van der Waals surface area contributed by atoms with Gasteiger partial charge in [-0.2, -0.15) is 4.98 Å². The highest BCUT2D eigenvalue weighted by Crippen LogP contribution is 2.21. The van der Waals surface area contributed by atoms with E-state index in [0.717, 1.165) is 12.8 Å². The van der Waals surface area contributed by atoms with Gasteiger partial charge in [-0.1, -0.05) is 0 Å².